The molecule has 0 fully saturated rings. The smallest absolute Gasteiger partial charge is 0.337 e. The molecule has 0 aliphatic heterocycles. The Morgan fingerprint density at radius 3 is 2.86 bits per heavy atom. The maximum atomic E-state index is 13.0. The molecule has 1 aromatic carbocycles. The van der Waals surface area contributed by atoms with Gasteiger partial charge in [-0.3, -0.25) is 14.2 Å². The van der Waals surface area contributed by atoms with Crippen LogP contribution in [0.5, 0.6) is 0 Å². The van der Waals surface area contributed by atoms with E-state index in [0.717, 1.165) is 41.6 Å². The third-order valence-corrected chi connectivity index (χ3v) is 6.39. The Hall–Kier alpha value is -3.00. The maximum Gasteiger partial charge on any atom is 0.337 e. The average molecular weight is 411 g/mol. The minimum absolute atomic E-state index is 0.145. The number of aromatic nitrogens is 2. The molecule has 0 unspecified atom stereocenters. The fourth-order valence-corrected chi connectivity index (χ4v) is 4.86. The number of fused-ring (bicyclic) bond motifs is 3. The maximum absolute atomic E-state index is 13.0. The second-order valence-corrected chi connectivity index (χ2v) is 8.22. The Morgan fingerprint density at radius 2 is 2.07 bits per heavy atom. The fraction of sp³-hybridized carbons (Fsp3) is 0.333. The number of nitrogens with zero attached hydrogens (tertiary/aromatic N) is 2. The molecule has 1 amide bonds. The van der Waals surface area contributed by atoms with Crippen LogP contribution in [0, 0.1) is 6.92 Å². The Bertz CT molecular complexity index is 1180. The summed E-state index contributed by atoms with van der Waals surface area (Å²) in [4.78, 5) is 43.7. The fourth-order valence-electron chi connectivity index (χ4n) is 3.64. The highest BCUT2D eigenvalue weighted by Gasteiger charge is 2.20. The Morgan fingerprint density at radius 1 is 1.28 bits per heavy atom. The molecule has 1 N–H and O–H groups in total. The van der Waals surface area contributed by atoms with E-state index in [1.54, 1.807) is 29.5 Å². The van der Waals surface area contributed by atoms with E-state index in [0.29, 0.717) is 16.6 Å². The third-order valence-electron chi connectivity index (χ3n) is 5.19. The Labute approximate surface area is 171 Å². The van der Waals surface area contributed by atoms with Gasteiger partial charge in [-0.05, 0) is 55.9 Å². The molecular weight excluding hydrogens is 390 g/mol. The minimum atomic E-state index is -0.478. The van der Waals surface area contributed by atoms with Crippen molar-refractivity contribution in [3.63, 3.8) is 0 Å². The zero-order valence-electron chi connectivity index (χ0n) is 16.3. The summed E-state index contributed by atoms with van der Waals surface area (Å²) in [7, 11) is 1.30. The molecule has 3 aromatic rings. The van der Waals surface area contributed by atoms with Crippen LogP contribution in [0.25, 0.3) is 10.2 Å². The van der Waals surface area contributed by atoms with Crippen molar-refractivity contribution in [2.75, 3.05) is 12.4 Å². The van der Waals surface area contributed by atoms with Gasteiger partial charge < -0.3 is 10.1 Å². The number of ether oxygens (including phenoxy) is 1. The van der Waals surface area contributed by atoms with Gasteiger partial charge in [-0.2, -0.15) is 0 Å². The highest BCUT2D eigenvalue weighted by molar-refractivity contribution is 7.18. The van der Waals surface area contributed by atoms with Crippen LogP contribution in [0.1, 0.15) is 39.2 Å². The predicted molar refractivity (Wildman–Crippen MR) is 112 cm³/mol. The lowest BCUT2D eigenvalue weighted by Crippen LogP contribution is -2.28. The third kappa shape index (κ3) is 3.67. The molecule has 0 saturated heterocycles. The number of amides is 1. The van der Waals surface area contributed by atoms with Crippen LogP contribution in [0.2, 0.25) is 0 Å². The number of nitrogens with one attached hydrogen (secondary N) is 1. The van der Waals surface area contributed by atoms with E-state index < -0.39 is 5.97 Å². The van der Waals surface area contributed by atoms with Crippen molar-refractivity contribution < 1.29 is 14.3 Å². The molecule has 2 aromatic heterocycles. The molecule has 8 heteroatoms. The Kier molecular flexibility index (Phi) is 5.19. The van der Waals surface area contributed by atoms with Gasteiger partial charge in [0.1, 0.15) is 11.4 Å². The number of rotatable bonds is 4. The van der Waals surface area contributed by atoms with Crippen molar-refractivity contribution in [1.82, 2.24) is 9.55 Å². The number of esters is 1. The van der Waals surface area contributed by atoms with Crippen LogP contribution >= 0.6 is 11.3 Å². The molecule has 0 radical (unpaired) electrons. The minimum Gasteiger partial charge on any atom is -0.465 e. The summed E-state index contributed by atoms with van der Waals surface area (Å²) in [5.41, 5.74) is 2.58. The van der Waals surface area contributed by atoms with Crippen molar-refractivity contribution in [1.29, 1.82) is 0 Å². The molecular formula is C21H21N3O4S. The van der Waals surface area contributed by atoms with Crippen molar-refractivity contribution in [2.45, 2.75) is 39.2 Å². The number of methoxy groups -OCH3 is 1. The van der Waals surface area contributed by atoms with E-state index in [1.165, 1.54) is 22.9 Å². The number of benzene rings is 1. The molecule has 0 spiro atoms. The molecule has 0 atom stereocenters. The summed E-state index contributed by atoms with van der Waals surface area (Å²) in [5, 5.41) is 3.43. The lowest BCUT2D eigenvalue weighted by atomic mass is 9.97. The predicted octanol–water partition coefficient (Wildman–Crippen LogP) is 3.07. The number of aryl methyl sites for hydroxylation is 3. The van der Waals surface area contributed by atoms with E-state index >= 15 is 0 Å². The van der Waals surface area contributed by atoms with Crippen LogP contribution in [0.15, 0.2) is 29.3 Å². The molecule has 150 valence electrons. The first kappa shape index (κ1) is 19.3. The summed E-state index contributed by atoms with van der Waals surface area (Å²) < 4.78 is 6.07. The summed E-state index contributed by atoms with van der Waals surface area (Å²) in [6.07, 6.45) is 5.53. The van der Waals surface area contributed by atoms with E-state index in [9.17, 15) is 14.4 Å². The zero-order valence-corrected chi connectivity index (χ0v) is 17.1. The zero-order chi connectivity index (χ0) is 20.5. The van der Waals surface area contributed by atoms with E-state index in [2.05, 4.69) is 10.3 Å². The van der Waals surface area contributed by atoms with Gasteiger partial charge in [-0.25, -0.2) is 9.78 Å². The number of hydrogen-bond acceptors (Lipinski definition) is 6. The number of hydrogen-bond donors (Lipinski definition) is 1. The van der Waals surface area contributed by atoms with Gasteiger partial charge in [0.05, 0.1) is 24.4 Å². The molecule has 2 heterocycles. The highest BCUT2D eigenvalue weighted by Crippen LogP contribution is 2.33. The second-order valence-electron chi connectivity index (χ2n) is 7.14. The molecule has 7 nitrogen and oxygen atoms in total. The first-order valence-corrected chi connectivity index (χ1v) is 10.3. The Balaban J connectivity index is 1.59. The number of carbonyl (C=O) groups is 2. The molecule has 1 aliphatic carbocycles. The summed E-state index contributed by atoms with van der Waals surface area (Å²) in [5.74, 6) is -0.837. The standard InChI is InChI=1S/C21H21N3O4S/c1-12-7-8-13(21(27)28-2)9-15(12)23-17(25)10-24-11-22-19-18(20(24)26)14-5-3-4-6-16(14)29-19/h7-9,11H,3-6,10H2,1-2H3,(H,23,25). The molecule has 1 aliphatic rings. The van der Waals surface area contributed by atoms with Gasteiger partial charge in [0.25, 0.3) is 5.56 Å². The highest BCUT2D eigenvalue weighted by atomic mass is 32.1. The average Bonchev–Trinajstić information content (AvgIpc) is 3.10. The molecule has 0 saturated carbocycles. The number of thiophene rings is 1. The van der Waals surface area contributed by atoms with Crippen LogP contribution in [-0.2, 0) is 28.9 Å². The largest absolute Gasteiger partial charge is 0.465 e. The lowest BCUT2D eigenvalue weighted by molar-refractivity contribution is -0.116. The van der Waals surface area contributed by atoms with Gasteiger partial charge >= 0.3 is 5.97 Å². The summed E-state index contributed by atoms with van der Waals surface area (Å²) in [6.45, 7) is 1.68. The van der Waals surface area contributed by atoms with Gasteiger partial charge in [-0.15, -0.1) is 11.3 Å². The molecule has 4 rings (SSSR count). The van der Waals surface area contributed by atoms with Gasteiger partial charge in [0.15, 0.2) is 0 Å². The monoisotopic (exact) mass is 411 g/mol. The van der Waals surface area contributed by atoms with Gasteiger partial charge in [0.2, 0.25) is 5.91 Å². The first-order chi connectivity index (χ1) is 14.0. The van der Waals surface area contributed by atoms with E-state index in [4.69, 9.17) is 4.74 Å². The van der Waals surface area contributed by atoms with Crippen molar-refractivity contribution in [3.8, 4) is 0 Å². The SMILES string of the molecule is COC(=O)c1ccc(C)c(NC(=O)Cn2cnc3sc4c(c3c2=O)CCCC4)c1. The normalized spacial score (nSPS) is 13.2. The second kappa shape index (κ2) is 7.79. The van der Waals surface area contributed by atoms with Crippen LogP contribution in [0.3, 0.4) is 0 Å². The number of anilines is 1. The summed E-state index contributed by atoms with van der Waals surface area (Å²) >= 11 is 1.58. The quantitative estimate of drug-likeness (QED) is 0.667. The molecule has 29 heavy (non-hydrogen) atoms. The van der Waals surface area contributed by atoms with Crippen molar-refractivity contribution >= 4 is 39.1 Å². The molecule has 0 bridgehead atoms. The first-order valence-electron chi connectivity index (χ1n) is 9.46. The van der Waals surface area contributed by atoms with Crippen LogP contribution in [-0.4, -0.2) is 28.5 Å². The summed E-state index contributed by atoms with van der Waals surface area (Å²) in [6, 6.07) is 4.94. The van der Waals surface area contributed by atoms with Crippen molar-refractivity contribution in [3.05, 3.63) is 56.4 Å². The van der Waals surface area contributed by atoms with Crippen LogP contribution in [0.4, 0.5) is 5.69 Å². The van der Waals surface area contributed by atoms with E-state index in [1.807, 2.05) is 6.92 Å². The van der Waals surface area contributed by atoms with Crippen LogP contribution < -0.4 is 10.9 Å². The number of carbonyl (C=O) groups excluding carboxylic acids is 2. The lowest BCUT2D eigenvalue weighted by Gasteiger charge is -2.12. The van der Waals surface area contributed by atoms with E-state index in [-0.39, 0.29) is 18.0 Å². The van der Waals surface area contributed by atoms with Gasteiger partial charge in [0, 0.05) is 10.6 Å². The van der Waals surface area contributed by atoms with Gasteiger partial charge in [-0.1, -0.05) is 6.07 Å². The topological polar surface area (TPSA) is 90.3 Å². The van der Waals surface area contributed by atoms with Crippen molar-refractivity contribution in [2.24, 2.45) is 0 Å².